The summed E-state index contributed by atoms with van der Waals surface area (Å²) in [5, 5.41) is 23.0. The van der Waals surface area contributed by atoms with Gasteiger partial charge in [0.2, 0.25) is 0 Å². The molecule has 6 nitrogen and oxygen atoms in total. The molecule has 4 rings (SSSR count). The molecule has 0 unspecified atom stereocenters. The molecule has 0 atom stereocenters. The molecule has 0 spiro atoms. The number of fused-ring (bicyclic) bond motifs is 1. The highest BCUT2D eigenvalue weighted by molar-refractivity contribution is 5.94. The van der Waals surface area contributed by atoms with Crippen LogP contribution in [0.4, 0.5) is 5.69 Å². The number of hydrogen-bond donors (Lipinski definition) is 0. The van der Waals surface area contributed by atoms with Crippen LogP contribution in [-0.4, -0.2) is 11.5 Å². The van der Waals surface area contributed by atoms with Crippen LogP contribution >= 0.6 is 0 Å². The van der Waals surface area contributed by atoms with Crippen LogP contribution in [0.2, 0.25) is 0 Å². The van der Waals surface area contributed by atoms with Crippen molar-refractivity contribution in [2.75, 3.05) is 6.61 Å². The van der Waals surface area contributed by atoms with Gasteiger partial charge in [-0.25, -0.2) is 0 Å². The van der Waals surface area contributed by atoms with Crippen LogP contribution in [0.25, 0.3) is 22.4 Å². The van der Waals surface area contributed by atoms with Crippen LogP contribution < -0.4 is 9.47 Å². The van der Waals surface area contributed by atoms with Gasteiger partial charge in [-0.2, -0.15) is 5.26 Å². The number of non-ortho nitro benzene ring substituents is 1. The number of benzene rings is 4. The molecule has 168 valence electrons. The molecule has 0 aliphatic rings. The molecule has 0 amide bonds. The van der Waals surface area contributed by atoms with Crippen LogP contribution in [0.15, 0.2) is 84.9 Å². The molecular weight excluding hydrogens is 428 g/mol. The Kier molecular flexibility index (Phi) is 6.85. The summed E-state index contributed by atoms with van der Waals surface area (Å²) in [6.07, 6.45) is 1.82. The number of allylic oxidation sites excluding steroid dienone is 1. The van der Waals surface area contributed by atoms with E-state index in [0.717, 1.165) is 21.9 Å². The minimum atomic E-state index is -0.432. The van der Waals surface area contributed by atoms with Crippen LogP contribution in [0.3, 0.4) is 0 Å². The summed E-state index contributed by atoms with van der Waals surface area (Å²) in [6.45, 7) is 2.48. The van der Waals surface area contributed by atoms with E-state index in [2.05, 4.69) is 6.07 Å². The predicted octanol–water partition coefficient (Wildman–Crippen LogP) is 6.79. The van der Waals surface area contributed by atoms with E-state index >= 15 is 0 Å². The molecule has 0 saturated heterocycles. The van der Waals surface area contributed by atoms with Crippen LogP contribution in [0.1, 0.15) is 23.6 Å². The predicted molar refractivity (Wildman–Crippen MR) is 132 cm³/mol. The first kappa shape index (κ1) is 22.6. The Morgan fingerprint density at radius 3 is 2.53 bits per heavy atom. The highest BCUT2D eigenvalue weighted by atomic mass is 16.6. The average molecular weight is 450 g/mol. The van der Waals surface area contributed by atoms with Crippen molar-refractivity contribution in [2.45, 2.75) is 13.5 Å². The summed E-state index contributed by atoms with van der Waals surface area (Å²) in [5.74, 6) is 1.06. The monoisotopic (exact) mass is 450 g/mol. The Balaban J connectivity index is 1.59. The van der Waals surface area contributed by atoms with Gasteiger partial charge < -0.3 is 9.47 Å². The van der Waals surface area contributed by atoms with Gasteiger partial charge in [0.15, 0.2) is 11.5 Å². The molecule has 0 radical (unpaired) electrons. The number of nitrogens with zero attached hydrogens (tertiary/aromatic N) is 2. The van der Waals surface area contributed by atoms with Crippen molar-refractivity contribution in [3.8, 4) is 17.6 Å². The highest BCUT2D eigenvalue weighted by Gasteiger charge is 2.10. The lowest BCUT2D eigenvalue weighted by Crippen LogP contribution is -2.00. The van der Waals surface area contributed by atoms with Crippen LogP contribution in [-0.2, 0) is 6.61 Å². The van der Waals surface area contributed by atoms with E-state index in [1.54, 1.807) is 18.2 Å². The summed E-state index contributed by atoms with van der Waals surface area (Å²) >= 11 is 0. The van der Waals surface area contributed by atoms with E-state index < -0.39 is 4.92 Å². The first-order valence-corrected chi connectivity index (χ1v) is 10.8. The number of rotatable bonds is 8. The maximum atomic E-state index is 11.0. The third-order valence-corrected chi connectivity index (χ3v) is 5.28. The lowest BCUT2D eigenvalue weighted by atomic mass is 10.00. The zero-order chi connectivity index (χ0) is 23.9. The van der Waals surface area contributed by atoms with Gasteiger partial charge in [0, 0.05) is 12.1 Å². The highest BCUT2D eigenvalue weighted by Crippen LogP contribution is 2.31. The summed E-state index contributed by atoms with van der Waals surface area (Å²) in [7, 11) is 0. The third kappa shape index (κ3) is 5.22. The molecule has 0 bridgehead atoms. The second-order valence-electron chi connectivity index (χ2n) is 7.59. The maximum Gasteiger partial charge on any atom is 0.269 e. The Morgan fingerprint density at radius 1 is 0.941 bits per heavy atom. The molecule has 4 aromatic carbocycles. The molecule has 6 heteroatoms. The summed E-state index contributed by atoms with van der Waals surface area (Å²) in [5.41, 5.74) is 2.88. The van der Waals surface area contributed by atoms with Crippen molar-refractivity contribution in [1.82, 2.24) is 0 Å². The summed E-state index contributed by atoms with van der Waals surface area (Å²) in [6, 6.07) is 28.1. The molecule has 34 heavy (non-hydrogen) atoms. The van der Waals surface area contributed by atoms with Crippen LogP contribution in [0, 0.1) is 21.4 Å². The molecule has 0 aromatic heterocycles. The Bertz CT molecular complexity index is 1420. The second-order valence-corrected chi connectivity index (χ2v) is 7.59. The molecule has 0 aliphatic carbocycles. The van der Waals surface area contributed by atoms with Crippen molar-refractivity contribution in [3.63, 3.8) is 0 Å². The molecule has 0 fully saturated rings. The molecule has 4 aromatic rings. The zero-order valence-corrected chi connectivity index (χ0v) is 18.6. The second kappa shape index (κ2) is 10.3. The van der Waals surface area contributed by atoms with Gasteiger partial charge in [0.1, 0.15) is 6.61 Å². The van der Waals surface area contributed by atoms with E-state index in [-0.39, 0.29) is 12.3 Å². The Morgan fingerprint density at radius 2 is 1.76 bits per heavy atom. The SMILES string of the molecule is CCOc1cc(/C=C(/C#N)c2ccc3ccccc3c2)ccc1OCc1cccc([N+](=O)[O-])c1. The fourth-order valence-corrected chi connectivity index (χ4v) is 3.63. The van der Waals surface area contributed by atoms with E-state index in [4.69, 9.17) is 9.47 Å². The fraction of sp³-hybridized carbons (Fsp3) is 0.107. The first-order chi connectivity index (χ1) is 16.6. The number of nitro groups is 1. The fourth-order valence-electron chi connectivity index (χ4n) is 3.63. The lowest BCUT2D eigenvalue weighted by Gasteiger charge is -2.13. The molecular formula is C28H22N2O4. The van der Waals surface area contributed by atoms with Gasteiger partial charge in [-0.1, -0.05) is 54.6 Å². The largest absolute Gasteiger partial charge is 0.490 e. The van der Waals surface area contributed by atoms with Gasteiger partial charge in [-0.05, 0) is 58.7 Å². The van der Waals surface area contributed by atoms with Crippen molar-refractivity contribution in [1.29, 1.82) is 5.26 Å². The molecule has 0 saturated carbocycles. The molecule has 0 aliphatic heterocycles. The van der Waals surface area contributed by atoms with Crippen molar-refractivity contribution in [3.05, 3.63) is 112 Å². The van der Waals surface area contributed by atoms with Gasteiger partial charge in [0.05, 0.1) is 23.2 Å². The standard InChI is InChI=1S/C28H22N2O4/c1-2-33-28-16-20(10-13-27(28)34-19-21-6-5-9-26(15-21)30(31)32)14-25(18-29)24-12-11-22-7-3-4-8-23(22)17-24/h3-17H,2,19H2,1H3/b25-14-. The quantitative estimate of drug-likeness (QED) is 0.128. The minimum absolute atomic E-state index is 0.0179. The summed E-state index contributed by atoms with van der Waals surface area (Å²) in [4.78, 5) is 10.6. The molecule has 0 heterocycles. The van der Waals surface area contributed by atoms with Crippen molar-refractivity contribution in [2.24, 2.45) is 0 Å². The third-order valence-electron chi connectivity index (χ3n) is 5.28. The van der Waals surface area contributed by atoms with E-state index in [9.17, 15) is 15.4 Å². The van der Waals surface area contributed by atoms with E-state index in [0.29, 0.717) is 29.2 Å². The van der Waals surface area contributed by atoms with Crippen LogP contribution in [0.5, 0.6) is 11.5 Å². The minimum Gasteiger partial charge on any atom is -0.490 e. The summed E-state index contributed by atoms with van der Waals surface area (Å²) < 4.78 is 11.7. The number of ether oxygens (including phenoxy) is 2. The maximum absolute atomic E-state index is 11.0. The smallest absolute Gasteiger partial charge is 0.269 e. The Labute approximate surface area is 197 Å². The number of hydrogen-bond acceptors (Lipinski definition) is 5. The van der Waals surface area contributed by atoms with Gasteiger partial charge in [0.25, 0.3) is 5.69 Å². The lowest BCUT2D eigenvalue weighted by molar-refractivity contribution is -0.384. The van der Waals surface area contributed by atoms with Gasteiger partial charge in [-0.15, -0.1) is 0 Å². The Hall–Kier alpha value is -4.63. The topological polar surface area (TPSA) is 85.4 Å². The van der Waals surface area contributed by atoms with E-state index in [1.165, 1.54) is 12.1 Å². The first-order valence-electron chi connectivity index (χ1n) is 10.8. The number of nitriles is 1. The number of nitro benzene ring substituents is 1. The van der Waals surface area contributed by atoms with Crippen molar-refractivity contribution < 1.29 is 14.4 Å². The molecule has 0 N–H and O–H groups in total. The normalized spacial score (nSPS) is 11.1. The van der Waals surface area contributed by atoms with Gasteiger partial charge >= 0.3 is 0 Å². The average Bonchev–Trinajstić information content (AvgIpc) is 2.87. The van der Waals surface area contributed by atoms with Gasteiger partial charge in [-0.3, -0.25) is 10.1 Å². The van der Waals surface area contributed by atoms with E-state index in [1.807, 2.05) is 67.6 Å². The van der Waals surface area contributed by atoms with Crippen molar-refractivity contribution >= 4 is 28.1 Å². The zero-order valence-electron chi connectivity index (χ0n) is 18.6.